The Balaban J connectivity index is 2.24. The second kappa shape index (κ2) is 6.44. The van der Waals surface area contributed by atoms with Crippen LogP contribution >= 0.6 is 15.9 Å². The van der Waals surface area contributed by atoms with Crippen molar-refractivity contribution in [1.29, 1.82) is 5.26 Å². The molecule has 0 aliphatic heterocycles. The summed E-state index contributed by atoms with van der Waals surface area (Å²) in [6, 6.07) is 15.8. The van der Waals surface area contributed by atoms with E-state index in [1.165, 1.54) is 0 Å². The second-order valence-corrected chi connectivity index (χ2v) is 5.36. The molecule has 0 radical (unpaired) electrons. The molecule has 4 heteroatoms. The molecule has 1 atom stereocenters. The van der Waals surface area contributed by atoms with Crippen molar-refractivity contribution in [1.82, 2.24) is 0 Å². The third-order valence-electron chi connectivity index (χ3n) is 3.09. The van der Waals surface area contributed by atoms with Crippen molar-refractivity contribution in [2.75, 3.05) is 12.4 Å². The first-order valence-electron chi connectivity index (χ1n) is 6.24. The molecule has 102 valence electrons. The molecule has 0 saturated carbocycles. The minimum absolute atomic E-state index is 0.0994. The molecule has 0 fully saturated rings. The van der Waals surface area contributed by atoms with Crippen LogP contribution in [0.4, 0.5) is 5.69 Å². The maximum Gasteiger partial charge on any atom is 0.121 e. The topological polar surface area (TPSA) is 45.0 Å². The molecule has 2 aromatic carbocycles. The van der Waals surface area contributed by atoms with E-state index in [2.05, 4.69) is 34.2 Å². The smallest absolute Gasteiger partial charge is 0.121 e. The molecule has 0 bridgehead atoms. The predicted octanol–water partition coefficient (Wildman–Crippen LogP) is 4.50. The number of rotatable bonds is 4. The second-order valence-electron chi connectivity index (χ2n) is 4.44. The highest BCUT2D eigenvalue weighted by molar-refractivity contribution is 9.10. The van der Waals surface area contributed by atoms with Crippen LogP contribution in [0.15, 0.2) is 46.9 Å². The van der Waals surface area contributed by atoms with Crippen LogP contribution in [-0.4, -0.2) is 7.11 Å². The van der Waals surface area contributed by atoms with Crippen LogP contribution in [0.3, 0.4) is 0 Å². The van der Waals surface area contributed by atoms with Crippen LogP contribution < -0.4 is 10.1 Å². The molecule has 2 aromatic rings. The highest BCUT2D eigenvalue weighted by Gasteiger charge is 2.09. The summed E-state index contributed by atoms with van der Waals surface area (Å²) in [7, 11) is 1.61. The molecule has 0 spiro atoms. The number of ether oxygens (including phenoxy) is 1. The van der Waals surface area contributed by atoms with Gasteiger partial charge in [0.2, 0.25) is 0 Å². The fourth-order valence-electron chi connectivity index (χ4n) is 1.94. The number of hydrogen-bond acceptors (Lipinski definition) is 3. The zero-order valence-corrected chi connectivity index (χ0v) is 12.9. The van der Waals surface area contributed by atoms with Gasteiger partial charge in [-0.1, -0.05) is 28.1 Å². The molecule has 3 nitrogen and oxygen atoms in total. The number of methoxy groups -OCH3 is 1. The molecule has 1 unspecified atom stereocenters. The number of benzene rings is 2. The van der Waals surface area contributed by atoms with Gasteiger partial charge in [0.15, 0.2) is 0 Å². The van der Waals surface area contributed by atoms with E-state index in [1.54, 1.807) is 19.2 Å². The quantitative estimate of drug-likeness (QED) is 0.897. The maximum atomic E-state index is 9.16. The Morgan fingerprint density at radius 3 is 2.50 bits per heavy atom. The average molecular weight is 331 g/mol. The minimum Gasteiger partial charge on any atom is -0.497 e. The van der Waals surface area contributed by atoms with Crippen molar-refractivity contribution < 1.29 is 4.74 Å². The van der Waals surface area contributed by atoms with Gasteiger partial charge >= 0.3 is 0 Å². The zero-order valence-electron chi connectivity index (χ0n) is 11.4. The lowest BCUT2D eigenvalue weighted by molar-refractivity contribution is 0.415. The number of nitrogens with zero attached hydrogens (tertiary/aromatic N) is 1. The van der Waals surface area contributed by atoms with Crippen LogP contribution in [0, 0.1) is 11.3 Å². The molecule has 0 amide bonds. The Labute approximate surface area is 127 Å². The van der Waals surface area contributed by atoms with Gasteiger partial charge < -0.3 is 10.1 Å². The fourth-order valence-corrected chi connectivity index (χ4v) is 2.20. The monoisotopic (exact) mass is 330 g/mol. The minimum atomic E-state index is 0.0994. The first-order chi connectivity index (χ1) is 9.63. The Morgan fingerprint density at radius 1 is 1.20 bits per heavy atom. The van der Waals surface area contributed by atoms with E-state index in [0.717, 1.165) is 21.5 Å². The van der Waals surface area contributed by atoms with Crippen LogP contribution in [0.1, 0.15) is 24.1 Å². The first kappa shape index (κ1) is 14.4. The number of nitriles is 1. The van der Waals surface area contributed by atoms with Gasteiger partial charge in [0, 0.05) is 16.6 Å². The van der Waals surface area contributed by atoms with Crippen LogP contribution in [-0.2, 0) is 0 Å². The Bertz CT molecular complexity index is 632. The molecule has 20 heavy (non-hydrogen) atoms. The molecule has 2 rings (SSSR count). The highest BCUT2D eigenvalue weighted by atomic mass is 79.9. The first-order valence-corrected chi connectivity index (χ1v) is 7.03. The SMILES string of the molecule is COc1ccc(C#N)c(NC(C)c2ccc(Br)cc2)c1. The summed E-state index contributed by atoms with van der Waals surface area (Å²) < 4.78 is 6.25. The number of nitrogens with one attached hydrogen (secondary N) is 1. The molecular formula is C16H15BrN2O. The van der Waals surface area contributed by atoms with E-state index >= 15 is 0 Å². The van der Waals surface area contributed by atoms with Crippen molar-refractivity contribution in [2.45, 2.75) is 13.0 Å². The van der Waals surface area contributed by atoms with E-state index in [4.69, 9.17) is 10.00 Å². The standard InChI is InChI=1S/C16H15BrN2O/c1-11(12-3-6-14(17)7-4-12)19-16-9-15(20-2)8-5-13(16)10-18/h3-9,11,19H,1-2H3. The highest BCUT2D eigenvalue weighted by Crippen LogP contribution is 2.26. The largest absolute Gasteiger partial charge is 0.497 e. The zero-order chi connectivity index (χ0) is 14.5. The van der Waals surface area contributed by atoms with Crippen molar-refractivity contribution in [3.05, 3.63) is 58.1 Å². The summed E-state index contributed by atoms with van der Waals surface area (Å²) in [5.41, 5.74) is 2.54. The van der Waals surface area contributed by atoms with Gasteiger partial charge in [-0.3, -0.25) is 0 Å². The summed E-state index contributed by atoms with van der Waals surface area (Å²) in [6.45, 7) is 2.06. The summed E-state index contributed by atoms with van der Waals surface area (Å²) >= 11 is 3.42. The molecule has 0 aliphatic rings. The molecule has 0 aromatic heterocycles. The van der Waals surface area contributed by atoms with Crippen molar-refractivity contribution in [3.63, 3.8) is 0 Å². The number of halogens is 1. The third kappa shape index (κ3) is 3.31. The summed E-state index contributed by atoms with van der Waals surface area (Å²) in [5, 5.41) is 12.5. The summed E-state index contributed by atoms with van der Waals surface area (Å²) in [6.07, 6.45) is 0. The van der Waals surface area contributed by atoms with Crippen molar-refractivity contribution in [2.24, 2.45) is 0 Å². The number of hydrogen-bond donors (Lipinski definition) is 1. The molecule has 1 N–H and O–H groups in total. The van der Waals surface area contributed by atoms with Crippen LogP contribution in [0.2, 0.25) is 0 Å². The maximum absolute atomic E-state index is 9.16. The van der Waals surface area contributed by atoms with Gasteiger partial charge in [0.1, 0.15) is 11.8 Å². The van der Waals surface area contributed by atoms with Gasteiger partial charge in [-0.15, -0.1) is 0 Å². The Morgan fingerprint density at radius 2 is 1.90 bits per heavy atom. The van der Waals surface area contributed by atoms with Gasteiger partial charge in [0.05, 0.1) is 18.4 Å². The van der Waals surface area contributed by atoms with Crippen LogP contribution in [0.25, 0.3) is 0 Å². The lowest BCUT2D eigenvalue weighted by atomic mass is 10.1. The summed E-state index contributed by atoms with van der Waals surface area (Å²) in [5.74, 6) is 0.731. The molecular weight excluding hydrogens is 316 g/mol. The molecule has 0 heterocycles. The van der Waals surface area contributed by atoms with E-state index in [1.807, 2.05) is 30.3 Å². The Kier molecular flexibility index (Phi) is 4.65. The predicted molar refractivity (Wildman–Crippen MR) is 83.9 cm³/mol. The lowest BCUT2D eigenvalue weighted by Gasteiger charge is -2.17. The fraction of sp³-hybridized carbons (Fsp3) is 0.188. The van der Waals surface area contributed by atoms with E-state index < -0.39 is 0 Å². The van der Waals surface area contributed by atoms with Gasteiger partial charge in [0.25, 0.3) is 0 Å². The number of anilines is 1. The van der Waals surface area contributed by atoms with E-state index in [-0.39, 0.29) is 6.04 Å². The molecule has 0 saturated heterocycles. The lowest BCUT2D eigenvalue weighted by Crippen LogP contribution is -2.08. The van der Waals surface area contributed by atoms with Crippen LogP contribution in [0.5, 0.6) is 5.75 Å². The third-order valence-corrected chi connectivity index (χ3v) is 3.62. The van der Waals surface area contributed by atoms with Gasteiger partial charge in [-0.25, -0.2) is 0 Å². The molecule has 0 aliphatic carbocycles. The summed E-state index contributed by atoms with van der Waals surface area (Å²) in [4.78, 5) is 0. The van der Waals surface area contributed by atoms with Crippen molar-refractivity contribution >= 4 is 21.6 Å². The average Bonchev–Trinajstić information content (AvgIpc) is 2.47. The Hall–Kier alpha value is -1.99. The van der Waals surface area contributed by atoms with Crippen molar-refractivity contribution in [3.8, 4) is 11.8 Å². The van der Waals surface area contributed by atoms with Gasteiger partial charge in [-0.05, 0) is 36.8 Å². The van der Waals surface area contributed by atoms with Gasteiger partial charge in [-0.2, -0.15) is 5.26 Å². The normalized spacial score (nSPS) is 11.5. The van der Waals surface area contributed by atoms with E-state index in [0.29, 0.717) is 5.56 Å². The van der Waals surface area contributed by atoms with E-state index in [9.17, 15) is 0 Å².